The zero-order valence-corrected chi connectivity index (χ0v) is 14.4. The number of carbonyl (C=O) groups is 2. The molecule has 0 heterocycles. The molecule has 24 heavy (non-hydrogen) atoms. The standard InChI is InChI=1S/C10H24N2.C8H6O4/c1-10(6-2-4-8-11)7-3-5-9-12;9-7(10)5-1-2-6(4-3-5)8(11)12/h10H,2-9,11-12H2,1H3;1-4H,(H,9,10)(H,11,12). The van der Waals surface area contributed by atoms with Crippen molar-refractivity contribution in [2.24, 2.45) is 17.4 Å². The van der Waals surface area contributed by atoms with Gasteiger partial charge in [0.15, 0.2) is 0 Å². The van der Waals surface area contributed by atoms with Crippen LogP contribution in [0.25, 0.3) is 0 Å². The Morgan fingerprint density at radius 2 is 1.17 bits per heavy atom. The van der Waals surface area contributed by atoms with Gasteiger partial charge in [-0.2, -0.15) is 0 Å². The van der Waals surface area contributed by atoms with E-state index in [9.17, 15) is 9.59 Å². The SMILES string of the molecule is CC(CCCCN)CCCCN.O=C(O)c1ccc(C(=O)O)cc1. The number of hydrogen-bond donors (Lipinski definition) is 4. The average molecular weight is 338 g/mol. The molecule has 136 valence electrons. The smallest absolute Gasteiger partial charge is 0.335 e. The third-order valence-electron chi connectivity index (χ3n) is 3.68. The van der Waals surface area contributed by atoms with E-state index in [1.54, 1.807) is 0 Å². The van der Waals surface area contributed by atoms with Gasteiger partial charge in [-0.3, -0.25) is 0 Å². The van der Waals surface area contributed by atoms with E-state index in [1.807, 2.05) is 0 Å². The molecule has 0 amide bonds. The third-order valence-corrected chi connectivity index (χ3v) is 3.68. The average Bonchev–Trinajstić information content (AvgIpc) is 2.56. The Bertz CT molecular complexity index is 431. The molecule has 6 nitrogen and oxygen atoms in total. The van der Waals surface area contributed by atoms with Gasteiger partial charge < -0.3 is 21.7 Å². The first-order chi connectivity index (χ1) is 11.4. The van der Waals surface area contributed by atoms with Crippen LogP contribution in [0.5, 0.6) is 0 Å². The molecule has 0 aliphatic rings. The molecule has 0 aromatic heterocycles. The molecule has 0 saturated heterocycles. The molecule has 1 aromatic carbocycles. The molecule has 0 aliphatic carbocycles. The molecule has 0 spiro atoms. The summed E-state index contributed by atoms with van der Waals surface area (Å²) >= 11 is 0. The molecule has 6 N–H and O–H groups in total. The van der Waals surface area contributed by atoms with E-state index in [2.05, 4.69) is 6.92 Å². The molecule has 1 rings (SSSR count). The summed E-state index contributed by atoms with van der Waals surface area (Å²) in [6.07, 6.45) is 7.62. The van der Waals surface area contributed by atoms with Crippen molar-refractivity contribution in [3.63, 3.8) is 0 Å². The van der Waals surface area contributed by atoms with Gasteiger partial charge in [-0.25, -0.2) is 9.59 Å². The quantitative estimate of drug-likeness (QED) is 0.486. The molecular weight excluding hydrogens is 308 g/mol. The first kappa shape index (κ1) is 22.1. The highest BCUT2D eigenvalue weighted by atomic mass is 16.4. The number of unbranched alkanes of at least 4 members (excludes halogenated alkanes) is 2. The number of hydrogen-bond acceptors (Lipinski definition) is 4. The number of rotatable bonds is 10. The van der Waals surface area contributed by atoms with Gasteiger partial charge in [0.1, 0.15) is 0 Å². The molecule has 0 bridgehead atoms. The zero-order valence-electron chi connectivity index (χ0n) is 14.4. The summed E-state index contributed by atoms with van der Waals surface area (Å²) in [5.41, 5.74) is 11.0. The molecule has 0 unspecified atom stereocenters. The van der Waals surface area contributed by atoms with Gasteiger partial charge in [-0.05, 0) is 56.1 Å². The second kappa shape index (κ2) is 13.5. The van der Waals surface area contributed by atoms with Crippen LogP contribution in [0.15, 0.2) is 24.3 Å². The molecule has 0 saturated carbocycles. The van der Waals surface area contributed by atoms with E-state index < -0.39 is 11.9 Å². The number of aromatic carboxylic acids is 2. The molecule has 6 heteroatoms. The first-order valence-corrected chi connectivity index (χ1v) is 8.39. The van der Waals surface area contributed by atoms with Crippen molar-refractivity contribution in [2.45, 2.75) is 45.4 Å². The maximum Gasteiger partial charge on any atom is 0.335 e. The van der Waals surface area contributed by atoms with Crippen LogP contribution < -0.4 is 11.5 Å². The third kappa shape index (κ3) is 10.7. The van der Waals surface area contributed by atoms with Gasteiger partial charge in [-0.1, -0.05) is 32.6 Å². The lowest BCUT2D eigenvalue weighted by Gasteiger charge is -2.09. The minimum Gasteiger partial charge on any atom is -0.478 e. The van der Waals surface area contributed by atoms with Crippen molar-refractivity contribution in [2.75, 3.05) is 13.1 Å². The van der Waals surface area contributed by atoms with Crippen LogP contribution in [0.2, 0.25) is 0 Å². The fourth-order valence-electron chi connectivity index (χ4n) is 2.17. The second-order valence-electron chi connectivity index (χ2n) is 5.86. The van der Waals surface area contributed by atoms with E-state index >= 15 is 0 Å². The van der Waals surface area contributed by atoms with E-state index in [1.165, 1.54) is 62.8 Å². The summed E-state index contributed by atoms with van der Waals surface area (Å²) in [5, 5.41) is 16.9. The van der Waals surface area contributed by atoms with Gasteiger partial charge >= 0.3 is 11.9 Å². The largest absolute Gasteiger partial charge is 0.478 e. The van der Waals surface area contributed by atoms with Gasteiger partial charge in [0.2, 0.25) is 0 Å². The molecule has 0 aliphatic heterocycles. The highest BCUT2D eigenvalue weighted by Gasteiger charge is 2.04. The maximum atomic E-state index is 10.3. The fourth-order valence-corrected chi connectivity index (χ4v) is 2.17. The second-order valence-corrected chi connectivity index (χ2v) is 5.86. The van der Waals surface area contributed by atoms with Gasteiger partial charge in [-0.15, -0.1) is 0 Å². The summed E-state index contributed by atoms with van der Waals surface area (Å²) in [4.78, 5) is 20.7. The molecule has 0 radical (unpaired) electrons. The summed E-state index contributed by atoms with van der Waals surface area (Å²) < 4.78 is 0. The Morgan fingerprint density at radius 3 is 1.42 bits per heavy atom. The van der Waals surface area contributed by atoms with Crippen molar-refractivity contribution in [3.05, 3.63) is 35.4 Å². The molecule has 0 fully saturated rings. The Labute approximate surface area is 143 Å². The van der Waals surface area contributed by atoms with Crippen LogP contribution in [0.1, 0.15) is 66.2 Å². The molecule has 0 atom stereocenters. The lowest BCUT2D eigenvalue weighted by Crippen LogP contribution is -2.02. The molecule has 1 aromatic rings. The summed E-state index contributed by atoms with van der Waals surface area (Å²) in [6.45, 7) is 4.01. The van der Waals surface area contributed by atoms with Gasteiger partial charge in [0.25, 0.3) is 0 Å². The summed E-state index contributed by atoms with van der Waals surface area (Å²) in [7, 11) is 0. The fraction of sp³-hybridized carbons (Fsp3) is 0.556. The highest BCUT2D eigenvalue weighted by Crippen LogP contribution is 2.14. The first-order valence-electron chi connectivity index (χ1n) is 8.39. The van der Waals surface area contributed by atoms with Crippen LogP contribution in [0.4, 0.5) is 0 Å². The van der Waals surface area contributed by atoms with Crippen molar-refractivity contribution in [1.29, 1.82) is 0 Å². The van der Waals surface area contributed by atoms with Gasteiger partial charge in [0.05, 0.1) is 11.1 Å². The summed E-state index contributed by atoms with van der Waals surface area (Å²) in [5.74, 6) is -1.26. The topological polar surface area (TPSA) is 127 Å². The minimum absolute atomic E-state index is 0.0833. The van der Waals surface area contributed by atoms with Crippen molar-refractivity contribution >= 4 is 11.9 Å². The highest BCUT2D eigenvalue weighted by molar-refractivity contribution is 5.91. The van der Waals surface area contributed by atoms with Crippen LogP contribution in [0.3, 0.4) is 0 Å². The number of carboxylic acid groups (broad SMARTS) is 2. The zero-order chi connectivity index (χ0) is 18.4. The van der Waals surface area contributed by atoms with E-state index in [-0.39, 0.29) is 11.1 Å². The lowest BCUT2D eigenvalue weighted by molar-refractivity contribution is 0.0681. The Hall–Kier alpha value is -1.92. The molecular formula is C18H30N2O4. The van der Waals surface area contributed by atoms with Crippen LogP contribution in [-0.4, -0.2) is 35.2 Å². The van der Waals surface area contributed by atoms with Crippen molar-refractivity contribution < 1.29 is 19.8 Å². The van der Waals surface area contributed by atoms with Crippen LogP contribution in [0, 0.1) is 5.92 Å². The van der Waals surface area contributed by atoms with E-state index in [0.717, 1.165) is 19.0 Å². The van der Waals surface area contributed by atoms with Crippen molar-refractivity contribution in [3.8, 4) is 0 Å². The van der Waals surface area contributed by atoms with Crippen molar-refractivity contribution in [1.82, 2.24) is 0 Å². The van der Waals surface area contributed by atoms with Gasteiger partial charge in [0, 0.05) is 0 Å². The normalized spacial score (nSPS) is 10.2. The number of benzene rings is 1. The number of carboxylic acids is 2. The predicted octanol–water partition coefficient (Wildman–Crippen LogP) is 2.96. The Balaban J connectivity index is 0.000000441. The number of nitrogens with two attached hydrogens (primary N) is 2. The van der Waals surface area contributed by atoms with Crippen LogP contribution >= 0.6 is 0 Å². The lowest BCUT2D eigenvalue weighted by atomic mass is 9.98. The van der Waals surface area contributed by atoms with E-state index in [0.29, 0.717) is 0 Å². The van der Waals surface area contributed by atoms with E-state index in [4.69, 9.17) is 21.7 Å². The predicted molar refractivity (Wildman–Crippen MR) is 95.3 cm³/mol. The maximum absolute atomic E-state index is 10.3. The summed E-state index contributed by atoms with van der Waals surface area (Å²) in [6, 6.07) is 5.02. The monoisotopic (exact) mass is 338 g/mol. The Morgan fingerprint density at radius 1 is 0.833 bits per heavy atom. The minimum atomic E-state index is -1.06. The van der Waals surface area contributed by atoms with Crippen LogP contribution in [-0.2, 0) is 0 Å². The Kier molecular flexibility index (Phi) is 12.4.